The molecule has 2 bridgehead atoms. The van der Waals surface area contributed by atoms with Gasteiger partial charge in [0.1, 0.15) is 17.0 Å². The number of nitrogens with one attached hydrogen (secondary N) is 1. The first-order chi connectivity index (χ1) is 7.76. The highest BCUT2D eigenvalue weighted by Gasteiger charge is 2.59. The van der Waals surface area contributed by atoms with Crippen molar-refractivity contribution in [1.29, 1.82) is 5.41 Å². The molecule has 0 aromatic rings. The van der Waals surface area contributed by atoms with Gasteiger partial charge in [-0.3, -0.25) is 10.3 Å². The molecule has 3 aliphatic rings. The van der Waals surface area contributed by atoms with Gasteiger partial charge in [0, 0.05) is 6.04 Å². The summed E-state index contributed by atoms with van der Waals surface area (Å²) in [6.45, 7) is 5.54. The fourth-order valence-electron chi connectivity index (χ4n) is 2.91. The summed E-state index contributed by atoms with van der Waals surface area (Å²) >= 11 is 0. The maximum atomic E-state index is 12.1. The molecule has 2 aliphatic heterocycles. The minimum absolute atomic E-state index is 0.0966. The molecule has 0 aromatic carbocycles. The molecule has 17 heavy (non-hydrogen) atoms. The van der Waals surface area contributed by atoms with Gasteiger partial charge in [0.15, 0.2) is 0 Å². The normalized spacial score (nSPS) is 31.7. The Balaban J connectivity index is 2.15. The number of hydrogen-bond donors (Lipinski definition) is 2. The van der Waals surface area contributed by atoms with E-state index in [1.807, 2.05) is 20.8 Å². The van der Waals surface area contributed by atoms with Crippen molar-refractivity contribution in [3.05, 3.63) is 0 Å². The van der Waals surface area contributed by atoms with Crippen molar-refractivity contribution in [3.8, 4) is 0 Å². The Kier molecular flexibility index (Phi) is 2.60. The molecule has 96 valence electrons. The highest BCUT2D eigenvalue weighted by molar-refractivity contribution is 5.93. The SMILES string of the molecule is CC(C)(C)OC(=O)N1C2CCCC1(C(=N)N)C2. The molecule has 1 amide bonds. The second kappa shape index (κ2) is 3.62. The topological polar surface area (TPSA) is 79.4 Å². The molecule has 2 heterocycles. The van der Waals surface area contributed by atoms with E-state index in [1.165, 1.54) is 0 Å². The number of rotatable bonds is 1. The van der Waals surface area contributed by atoms with Gasteiger partial charge in [-0.15, -0.1) is 0 Å². The van der Waals surface area contributed by atoms with Crippen LogP contribution in [0.5, 0.6) is 0 Å². The van der Waals surface area contributed by atoms with Crippen LogP contribution in [0.1, 0.15) is 46.5 Å². The summed E-state index contributed by atoms with van der Waals surface area (Å²) in [6.07, 6.45) is 3.31. The zero-order chi connectivity index (χ0) is 12.8. The molecule has 1 saturated carbocycles. The highest BCUT2D eigenvalue weighted by Crippen LogP contribution is 2.47. The van der Waals surface area contributed by atoms with E-state index >= 15 is 0 Å². The Bertz CT molecular complexity index is 357. The second-order valence-electron chi connectivity index (χ2n) is 6.05. The van der Waals surface area contributed by atoms with Crippen molar-refractivity contribution in [2.45, 2.75) is 63.6 Å². The van der Waals surface area contributed by atoms with Crippen LogP contribution < -0.4 is 5.73 Å². The van der Waals surface area contributed by atoms with Gasteiger partial charge in [0.25, 0.3) is 0 Å². The van der Waals surface area contributed by atoms with Crippen molar-refractivity contribution in [2.24, 2.45) is 5.73 Å². The zero-order valence-electron chi connectivity index (χ0n) is 10.7. The zero-order valence-corrected chi connectivity index (χ0v) is 10.7. The van der Waals surface area contributed by atoms with Gasteiger partial charge in [-0.25, -0.2) is 4.79 Å². The average Bonchev–Trinajstić information content (AvgIpc) is 2.14. The van der Waals surface area contributed by atoms with Crippen LogP contribution in [0.4, 0.5) is 4.79 Å². The number of nitrogens with zero attached hydrogens (tertiary/aromatic N) is 1. The van der Waals surface area contributed by atoms with E-state index in [4.69, 9.17) is 15.9 Å². The van der Waals surface area contributed by atoms with E-state index in [0.717, 1.165) is 25.7 Å². The van der Waals surface area contributed by atoms with Gasteiger partial charge in [-0.2, -0.15) is 0 Å². The van der Waals surface area contributed by atoms with Crippen LogP contribution in [0.15, 0.2) is 0 Å². The first-order valence-corrected chi connectivity index (χ1v) is 6.13. The largest absolute Gasteiger partial charge is 0.444 e. The highest BCUT2D eigenvalue weighted by atomic mass is 16.6. The van der Waals surface area contributed by atoms with Gasteiger partial charge < -0.3 is 10.5 Å². The van der Waals surface area contributed by atoms with Gasteiger partial charge >= 0.3 is 6.09 Å². The molecule has 0 radical (unpaired) electrons. The summed E-state index contributed by atoms with van der Waals surface area (Å²) < 4.78 is 5.39. The Hall–Kier alpha value is -1.26. The number of amidine groups is 1. The fourth-order valence-corrected chi connectivity index (χ4v) is 2.91. The summed E-state index contributed by atoms with van der Waals surface area (Å²) in [5.74, 6) is 0.0966. The number of piperidine rings is 1. The van der Waals surface area contributed by atoms with Gasteiger partial charge in [-0.05, 0) is 46.5 Å². The number of carbonyl (C=O) groups is 1. The van der Waals surface area contributed by atoms with Crippen LogP contribution in [0.25, 0.3) is 0 Å². The maximum absolute atomic E-state index is 12.1. The lowest BCUT2D eigenvalue weighted by molar-refractivity contribution is -0.0770. The monoisotopic (exact) mass is 239 g/mol. The first kappa shape index (κ1) is 12.2. The summed E-state index contributed by atoms with van der Waals surface area (Å²) in [7, 11) is 0. The van der Waals surface area contributed by atoms with Crippen LogP contribution in [-0.2, 0) is 4.74 Å². The second-order valence-corrected chi connectivity index (χ2v) is 6.05. The van der Waals surface area contributed by atoms with Gasteiger partial charge in [-0.1, -0.05) is 0 Å². The van der Waals surface area contributed by atoms with E-state index in [1.54, 1.807) is 4.90 Å². The molecule has 3 rings (SSSR count). The lowest BCUT2D eigenvalue weighted by Crippen LogP contribution is -2.75. The predicted octanol–water partition coefficient (Wildman–Crippen LogP) is 1.85. The Labute approximate surface area is 102 Å². The smallest absolute Gasteiger partial charge is 0.411 e. The summed E-state index contributed by atoms with van der Waals surface area (Å²) in [4.78, 5) is 13.8. The molecule has 5 heteroatoms. The molecule has 0 aromatic heterocycles. The first-order valence-electron chi connectivity index (χ1n) is 6.13. The van der Waals surface area contributed by atoms with E-state index in [9.17, 15) is 4.79 Å². The minimum atomic E-state index is -0.550. The molecule has 0 spiro atoms. The fraction of sp³-hybridized carbons (Fsp3) is 0.833. The Morgan fingerprint density at radius 3 is 2.65 bits per heavy atom. The third-order valence-corrected chi connectivity index (χ3v) is 3.62. The van der Waals surface area contributed by atoms with Crippen molar-refractivity contribution in [3.63, 3.8) is 0 Å². The van der Waals surface area contributed by atoms with Crippen LogP contribution in [0.3, 0.4) is 0 Å². The lowest BCUT2D eigenvalue weighted by Gasteiger charge is -2.60. The van der Waals surface area contributed by atoms with E-state index in [2.05, 4.69) is 0 Å². The predicted molar refractivity (Wildman–Crippen MR) is 65.0 cm³/mol. The summed E-state index contributed by atoms with van der Waals surface area (Å²) in [5, 5.41) is 7.71. The van der Waals surface area contributed by atoms with Crippen LogP contribution in [0, 0.1) is 5.41 Å². The van der Waals surface area contributed by atoms with Gasteiger partial charge in [0.05, 0.1) is 0 Å². The average molecular weight is 239 g/mol. The van der Waals surface area contributed by atoms with Gasteiger partial charge in [0.2, 0.25) is 0 Å². The number of amides is 1. The molecule has 2 atom stereocenters. The number of fused-ring (bicyclic) bond motifs is 2. The third-order valence-electron chi connectivity index (χ3n) is 3.62. The summed E-state index contributed by atoms with van der Waals surface area (Å²) in [6, 6.07) is 0.211. The molecule has 2 unspecified atom stereocenters. The Morgan fingerprint density at radius 1 is 1.53 bits per heavy atom. The standard InChI is InChI=1S/C12H21N3O2/c1-11(2,3)17-10(16)15-8-5-4-6-12(15,7-8)9(13)14/h8H,4-7H2,1-3H3,(H3,13,14). The quantitative estimate of drug-likeness (QED) is 0.541. The number of ether oxygens (including phenoxy) is 1. The number of hydrogen-bond acceptors (Lipinski definition) is 3. The van der Waals surface area contributed by atoms with Crippen LogP contribution in [0.2, 0.25) is 0 Å². The van der Waals surface area contributed by atoms with E-state index in [-0.39, 0.29) is 18.0 Å². The maximum Gasteiger partial charge on any atom is 0.411 e. The molecular formula is C12H21N3O2. The van der Waals surface area contributed by atoms with E-state index in [0.29, 0.717) is 0 Å². The summed E-state index contributed by atoms with van der Waals surface area (Å²) in [5.41, 5.74) is 4.61. The molecule has 2 saturated heterocycles. The van der Waals surface area contributed by atoms with Crippen molar-refractivity contribution >= 4 is 11.9 Å². The van der Waals surface area contributed by atoms with Crippen LogP contribution in [-0.4, -0.2) is 34.0 Å². The molecule has 1 aliphatic carbocycles. The minimum Gasteiger partial charge on any atom is -0.444 e. The molecule has 3 N–H and O–H groups in total. The number of carbonyl (C=O) groups excluding carboxylic acids is 1. The molecule has 3 fully saturated rings. The van der Waals surface area contributed by atoms with Crippen molar-refractivity contribution in [1.82, 2.24) is 4.90 Å². The Morgan fingerprint density at radius 2 is 2.18 bits per heavy atom. The van der Waals surface area contributed by atoms with Crippen molar-refractivity contribution in [2.75, 3.05) is 0 Å². The number of nitrogens with two attached hydrogens (primary N) is 1. The lowest BCUT2D eigenvalue weighted by atomic mass is 9.67. The molecular weight excluding hydrogens is 218 g/mol. The van der Waals surface area contributed by atoms with Crippen molar-refractivity contribution < 1.29 is 9.53 Å². The molecule has 5 nitrogen and oxygen atoms in total. The van der Waals surface area contributed by atoms with E-state index < -0.39 is 11.1 Å². The van der Waals surface area contributed by atoms with Crippen LogP contribution >= 0.6 is 0 Å². The third kappa shape index (κ3) is 1.87.